The summed E-state index contributed by atoms with van der Waals surface area (Å²) in [6, 6.07) is 18.9. The summed E-state index contributed by atoms with van der Waals surface area (Å²) in [5.74, 6) is 2.63. The fourth-order valence-corrected chi connectivity index (χ4v) is 5.06. The fraction of sp³-hybridized carbons (Fsp3) is 0.333. The summed E-state index contributed by atoms with van der Waals surface area (Å²) in [4.78, 5) is 2.50. The third-order valence-electron chi connectivity index (χ3n) is 7.09. The Labute approximate surface area is 207 Å². The highest BCUT2D eigenvalue weighted by molar-refractivity contribution is 5.86. The van der Waals surface area contributed by atoms with Crippen molar-refractivity contribution in [3.63, 3.8) is 0 Å². The molecule has 2 aliphatic rings. The fourth-order valence-electron chi connectivity index (χ4n) is 5.06. The molecule has 0 saturated carbocycles. The predicted octanol–water partition coefficient (Wildman–Crippen LogP) is 6.41. The van der Waals surface area contributed by atoms with Gasteiger partial charge in [0, 0.05) is 24.2 Å². The van der Waals surface area contributed by atoms with Crippen molar-refractivity contribution in [2.75, 3.05) is 19.7 Å². The Bertz CT molecular complexity index is 1220. The molecule has 3 aromatic carbocycles. The van der Waals surface area contributed by atoms with Crippen molar-refractivity contribution in [2.45, 2.75) is 39.3 Å². The summed E-state index contributed by atoms with van der Waals surface area (Å²) in [5.41, 5.74) is 4.84. The molecular formula is C30H33NO4. The highest BCUT2D eigenvalue weighted by Crippen LogP contribution is 2.45. The first-order chi connectivity index (χ1) is 16.9. The number of nitrogens with zero attached hydrogens (tertiary/aromatic N) is 1. The molecule has 5 nitrogen and oxygen atoms in total. The van der Waals surface area contributed by atoms with Gasteiger partial charge in [-0.2, -0.15) is 0 Å². The largest absolute Gasteiger partial charge is 0.508 e. The Morgan fingerprint density at radius 3 is 2.46 bits per heavy atom. The van der Waals surface area contributed by atoms with E-state index in [1.807, 2.05) is 36.4 Å². The molecule has 2 N–H and O–H groups in total. The molecule has 1 saturated heterocycles. The number of likely N-dealkylation sites (tertiary alicyclic amines) is 1. The quantitative estimate of drug-likeness (QED) is 0.435. The molecule has 0 spiro atoms. The highest BCUT2D eigenvalue weighted by atomic mass is 16.5. The van der Waals surface area contributed by atoms with Crippen molar-refractivity contribution in [1.29, 1.82) is 0 Å². The van der Waals surface area contributed by atoms with Crippen LogP contribution in [0.1, 0.15) is 44.4 Å². The molecule has 2 heterocycles. The molecule has 5 heteroatoms. The molecule has 0 bridgehead atoms. The van der Waals surface area contributed by atoms with E-state index in [-0.39, 0.29) is 17.6 Å². The number of phenols is 2. The molecule has 2 aliphatic heterocycles. The number of phenolic OH excluding ortho intramolecular Hbond substituents is 2. The molecule has 0 aliphatic carbocycles. The normalized spacial score (nSPS) is 20.6. The second-order valence-electron chi connectivity index (χ2n) is 9.92. The van der Waals surface area contributed by atoms with Crippen LogP contribution in [0.25, 0.3) is 16.7 Å². The number of allylic oxidation sites excluding steroid dienone is 1. The summed E-state index contributed by atoms with van der Waals surface area (Å²) in [5, 5.41) is 20.0. The van der Waals surface area contributed by atoms with Gasteiger partial charge >= 0.3 is 0 Å². The number of benzene rings is 3. The maximum Gasteiger partial charge on any atom is 0.143 e. The number of hydrogen-bond acceptors (Lipinski definition) is 5. The van der Waals surface area contributed by atoms with E-state index in [0.29, 0.717) is 18.4 Å². The Balaban J connectivity index is 1.31. The maximum absolute atomic E-state index is 10.4. The number of rotatable bonds is 6. The lowest BCUT2D eigenvalue weighted by atomic mass is 9.90. The van der Waals surface area contributed by atoms with Crippen molar-refractivity contribution in [3.8, 4) is 34.1 Å². The Hall–Kier alpha value is -3.44. The van der Waals surface area contributed by atoms with Crippen molar-refractivity contribution in [2.24, 2.45) is 5.92 Å². The van der Waals surface area contributed by atoms with Crippen molar-refractivity contribution in [1.82, 2.24) is 4.90 Å². The molecule has 1 fully saturated rings. The summed E-state index contributed by atoms with van der Waals surface area (Å²) >= 11 is 0. The predicted molar refractivity (Wildman–Crippen MR) is 139 cm³/mol. The van der Waals surface area contributed by atoms with Crippen LogP contribution in [0.5, 0.6) is 23.0 Å². The molecule has 3 atom stereocenters. The van der Waals surface area contributed by atoms with Gasteiger partial charge in [-0.3, -0.25) is 4.90 Å². The van der Waals surface area contributed by atoms with E-state index in [0.717, 1.165) is 52.6 Å². The third kappa shape index (κ3) is 5.01. The van der Waals surface area contributed by atoms with Gasteiger partial charge in [0.2, 0.25) is 0 Å². The van der Waals surface area contributed by atoms with Gasteiger partial charge in [0.15, 0.2) is 0 Å². The summed E-state index contributed by atoms with van der Waals surface area (Å²) in [7, 11) is 0. The van der Waals surface area contributed by atoms with Gasteiger partial charge in [0.05, 0.1) is 0 Å². The van der Waals surface area contributed by atoms with E-state index in [1.165, 1.54) is 6.42 Å². The van der Waals surface area contributed by atoms with Gasteiger partial charge in [-0.25, -0.2) is 0 Å². The first kappa shape index (κ1) is 23.3. The molecule has 3 aromatic rings. The van der Waals surface area contributed by atoms with Crippen LogP contribution < -0.4 is 9.47 Å². The Kier molecular flexibility index (Phi) is 6.44. The van der Waals surface area contributed by atoms with Crippen molar-refractivity contribution >= 4 is 5.57 Å². The van der Waals surface area contributed by atoms with Crippen LogP contribution in [-0.2, 0) is 0 Å². The summed E-state index contributed by atoms with van der Waals surface area (Å²) in [6.45, 7) is 9.59. The van der Waals surface area contributed by atoms with Gasteiger partial charge in [-0.1, -0.05) is 31.2 Å². The minimum Gasteiger partial charge on any atom is -0.508 e. The summed E-state index contributed by atoms with van der Waals surface area (Å²) in [6.07, 6.45) is 3.12. The van der Waals surface area contributed by atoms with Crippen LogP contribution >= 0.6 is 0 Å². The number of aromatic hydroxyl groups is 2. The Morgan fingerprint density at radius 2 is 1.77 bits per heavy atom. The molecule has 0 amide bonds. The van der Waals surface area contributed by atoms with Gasteiger partial charge in [0.25, 0.3) is 0 Å². The topological polar surface area (TPSA) is 62.2 Å². The lowest BCUT2D eigenvalue weighted by Crippen LogP contribution is -2.35. The lowest BCUT2D eigenvalue weighted by Gasteiger charge is -2.27. The first-order valence-corrected chi connectivity index (χ1v) is 12.4. The zero-order chi connectivity index (χ0) is 24.5. The average molecular weight is 472 g/mol. The van der Waals surface area contributed by atoms with E-state index in [1.54, 1.807) is 24.3 Å². The van der Waals surface area contributed by atoms with E-state index in [9.17, 15) is 10.2 Å². The minimum absolute atomic E-state index is 0.144. The highest BCUT2D eigenvalue weighted by Gasteiger charge is 2.25. The smallest absolute Gasteiger partial charge is 0.143 e. The SMILES string of the molecule is CC1=CC(c2ccc(OCC(C)N3CC[C@@H](C)C3)cc2)Oc2cc(O)cc(-c3ccc(O)cc3)c21. The third-order valence-corrected chi connectivity index (χ3v) is 7.09. The minimum atomic E-state index is -0.254. The molecule has 5 rings (SSSR count). The zero-order valence-corrected chi connectivity index (χ0v) is 20.6. The number of hydrogen-bond donors (Lipinski definition) is 2. The number of fused-ring (bicyclic) bond motifs is 1. The van der Waals surface area contributed by atoms with Gasteiger partial charge in [-0.15, -0.1) is 0 Å². The van der Waals surface area contributed by atoms with Crippen LogP contribution in [0, 0.1) is 5.92 Å². The lowest BCUT2D eigenvalue weighted by molar-refractivity contribution is 0.169. The molecule has 182 valence electrons. The molecular weight excluding hydrogens is 438 g/mol. The van der Waals surface area contributed by atoms with E-state index in [4.69, 9.17) is 9.47 Å². The second kappa shape index (κ2) is 9.67. The first-order valence-electron chi connectivity index (χ1n) is 12.4. The van der Waals surface area contributed by atoms with E-state index < -0.39 is 0 Å². The maximum atomic E-state index is 10.4. The number of ether oxygens (including phenoxy) is 2. The second-order valence-corrected chi connectivity index (χ2v) is 9.92. The van der Waals surface area contributed by atoms with Gasteiger partial charge < -0.3 is 19.7 Å². The molecule has 0 aromatic heterocycles. The molecule has 2 unspecified atom stereocenters. The van der Waals surface area contributed by atoms with Crippen LogP contribution in [-0.4, -0.2) is 40.9 Å². The van der Waals surface area contributed by atoms with E-state index >= 15 is 0 Å². The average Bonchev–Trinajstić information content (AvgIpc) is 3.29. The van der Waals surface area contributed by atoms with Crippen LogP contribution in [0.3, 0.4) is 0 Å². The Morgan fingerprint density at radius 1 is 1.03 bits per heavy atom. The van der Waals surface area contributed by atoms with Crippen molar-refractivity contribution in [3.05, 3.63) is 77.9 Å². The van der Waals surface area contributed by atoms with E-state index in [2.05, 4.69) is 31.7 Å². The van der Waals surface area contributed by atoms with Crippen LogP contribution in [0.15, 0.2) is 66.7 Å². The molecule has 0 radical (unpaired) electrons. The molecule has 35 heavy (non-hydrogen) atoms. The standard InChI is InChI=1S/C30H33NO4/c1-19-12-13-31(17-19)21(3)18-34-26-10-6-23(7-11-26)28-14-20(2)30-27(15-25(33)16-29(30)35-28)22-4-8-24(32)9-5-22/h4-11,14-16,19,21,28,32-33H,12-13,17-18H2,1-3H3/t19-,21?,28?/m1/s1. The van der Waals surface area contributed by atoms with Crippen LogP contribution in [0.2, 0.25) is 0 Å². The van der Waals surface area contributed by atoms with Crippen molar-refractivity contribution < 1.29 is 19.7 Å². The zero-order valence-electron chi connectivity index (χ0n) is 20.6. The monoisotopic (exact) mass is 471 g/mol. The van der Waals surface area contributed by atoms with Gasteiger partial charge in [0.1, 0.15) is 35.7 Å². The van der Waals surface area contributed by atoms with Gasteiger partial charge in [-0.05, 0) is 91.4 Å². The van der Waals surface area contributed by atoms with Crippen LogP contribution in [0.4, 0.5) is 0 Å². The summed E-state index contributed by atoms with van der Waals surface area (Å²) < 4.78 is 12.4.